The lowest BCUT2D eigenvalue weighted by atomic mass is 9.94. The van der Waals surface area contributed by atoms with Gasteiger partial charge in [0.05, 0.1) is 0 Å². The predicted molar refractivity (Wildman–Crippen MR) is 94.1 cm³/mol. The molecule has 0 saturated carbocycles. The molecule has 22 heavy (non-hydrogen) atoms. The quantitative estimate of drug-likeness (QED) is 0.917. The Morgan fingerprint density at radius 1 is 1.05 bits per heavy atom. The van der Waals surface area contributed by atoms with Crippen LogP contribution in [-0.4, -0.2) is 19.1 Å². The zero-order valence-electron chi connectivity index (χ0n) is 14.3. The smallest absolute Gasteiger partial charge is 0.271 e. The van der Waals surface area contributed by atoms with Gasteiger partial charge < -0.3 is 9.88 Å². The van der Waals surface area contributed by atoms with E-state index in [4.69, 9.17) is 0 Å². The second kappa shape index (κ2) is 6.82. The molecule has 0 aliphatic heterocycles. The molecule has 0 aliphatic rings. The summed E-state index contributed by atoms with van der Waals surface area (Å²) in [6.45, 7) is 6.30. The molecule has 3 heteroatoms. The molecular formula is C19H26N2O. The molecule has 118 valence electrons. The van der Waals surface area contributed by atoms with Gasteiger partial charge in [0.2, 0.25) is 0 Å². The molecule has 0 saturated heterocycles. The van der Waals surface area contributed by atoms with Crippen LogP contribution in [0.15, 0.2) is 29.1 Å². The van der Waals surface area contributed by atoms with Crippen LogP contribution < -0.4 is 10.5 Å². The maximum absolute atomic E-state index is 12.4. The van der Waals surface area contributed by atoms with E-state index in [1.165, 1.54) is 16.7 Å². The summed E-state index contributed by atoms with van der Waals surface area (Å²) in [5.41, 5.74) is 6.78. The number of benzene rings is 1. The molecule has 1 heterocycles. The molecule has 2 aromatic rings. The van der Waals surface area contributed by atoms with Crippen molar-refractivity contribution in [3.05, 3.63) is 62.6 Å². The van der Waals surface area contributed by atoms with E-state index in [1.54, 1.807) is 0 Å². The SMILES string of the molecule is CCc1cccc(Cc2c(CC)c(C)[nH]c(=O)c2N(C)C)c1. The monoisotopic (exact) mass is 298 g/mol. The van der Waals surface area contributed by atoms with Crippen molar-refractivity contribution < 1.29 is 0 Å². The normalized spacial score (nSPS) is 10.8. The third-order valence-electron chi connectivity index (χ3n) is 4.20. The van der Waals surface area contributed by atoms with Crippen LogP contribution in [0.2, 0.25) is 0 Å². The lowest BCUT2D eigenvalue weighted by Gasteiger charge is -2.21. The predicted octanol–water partition coefficient (Wildman–Crippen LogP) is 3.46. The summed E-state index contributed by atoms with van der Waals surface area (Å²) in [5.74, 6) is 0. The van der Waals surface area contributed by atoms with Crippen LogP contribution in [0.4, 0.5) is 5.69 Å². The number of aromatic nitrogens is 1. The highest BCUT2D eigenvalue weighted by atomic mass is 16.1. The molecule has 3 nitrogen and oxygen atoms in total. The molecule has 0 amide bonds. The van der Waals surface area contributed by atoms with E-state index in [0.717, 1.165) is 36.2 Å². The number of rotatable bonds is 5. The van der Waals surface area contributed by atoms with Crippen molar-refractivity contribution in [2.24, 2.45) is 0 Å². The van der Waals surface area contributed by atoms with Crippen molar-refractivity contribution in [3.8, 4) is 0 Å². The highest BCUT2D eigenvalue weighted by molar-refractivity contribution is 5.57. The standard InChI is InChI=1S/C19H26N2O/c1-6-14-9-8-10-15(11-14)12-17-16(7-2)13(3)20-19(22)18(17)21(4)5/h8-11H,6-7,12H2,1-5H3,(H,20,22). The zero-order chi connectivity index (χ0) is 16.3. The average molecular weight is 298 g/mol. The summed E-state index contributed by atoms with van der Waals surface area (Å²) in [6, 6.07) is 8.65. The Kier molecular flexibility index (Phi) is 5.07. The first-order chi connectivity index (χ1) is 10.5. The van der Waals surface area contributed by atoms with Gasteiger partial charge >= 0.3 is 0 Å². The Balaban J connectivity index is 2.59. The fourth-order valence-corrected chi connectivity index (χ4v) is 3.12. The lowest BCUT2D eigenvalue weighted by Crippen LogP contribution is -2.25. The summed E-state index contributed by atoms with van der Waals surface area (Å²) in [7, 11) is 3.87. The number of hydrogen-bond acceptors (Lipinski definition) is 2. The first kappa shape index (κ1) is 16.3. The van der Waals surface area contributed by atoms with Crippen LogP contribution in [0.1, 0.15) is 41.8 Å². The van der Waals surface area contributed by atoms with Crippen LogP contribution >= 0.6 is 0 Å². The minimum atomic E-state index is 0.00125. The molecule has 1 N–H and O–H groups in total. The molecule has 2 rings (SSSR count). The second-order valence-corrected chi connectivity index (χ2v) is 5.98. The van der Waals surface area contributed by atoms with Crippen LogP contribution in [0.5, 0.6) is 0 Å². The van der Waals surface area contributed by atoms with Crippen LogP contribution in [0, 0.1) is 6.92 Å². The maximum atomic E-state index is 12.4. The first-order valence-corrected chi connectivity index (χ1v) is 7.97. The molecule has 0 atom stereocenters. The number of pyridine rings is 1. The number of aromatic amines is 1. The Hall–Kier alpha value is -2.03. The van der Waals surface area contributed by atoms with Crippen molar-refractivity contribution >= 4 is 5.69 Å². The number of hydrogen-bond donors (Lipinski definition) is 1. The van der Waals surface area contributed by atoms with E-state index in [2.05, 4.69) is 43.1 Å². The Labute approximate surface area is 133 Å². The van der Waals surface area contributed by atoms with E-state index >= 15 is 0 Å². The summed E-state index contributed by atoms with van der Waals surface area (Å²) in [4.78, 5) is 17.3. The summed E-state index contributed by atoms with van der Waals surface area (Å²) < 4.78 is 0. The number of aryl methyl sites for hydroxylation is 2. The fraction of sp³-hybridized carbons (Fsp3) is 0.421. The second-order valence-electron chi connectivity index (χ2n) is 5.98. The lowest BCUT2D eigenvalue weighted by molar-refractivity contribution is 0.945. The molecule has 1 aromatic heterocycles. The number of anilines is 1. The Morgan fingerprint density at radius 2 is 1.73 bits per heavy atom. The van der Waals surface area contributed by atoms with Gasteiger partial charge in [-0.1, -0.05) is 38.1 Å². The Morgan fingerprint density at radius 3 is 2.32 bits per heavy atom. The van der Waals surface area contributed by atoms with Gasteiger partial charge in [0.1, 0.15) is 5.69 Å². The van der Waals surface area contributed by atoms with Gasteiger partial charge in [-0.2, -0.15) is 0 Å². The van der Waals surface area contributed by atoms with Gasteiger partial charge in [-0.05, 0) is 42.0 Å². The minimum Gasteiger partial charge on any atom is -0.373 e. The third kappa shape index (κ3) is 3.24. The summed E-state index contributed by atoms with van der Waals surface area (Å²) in [5, 5.41) is 0. The van der Waals surface area contributed by atoms with Crippen molar-refractivity contribution in [3.63, 3.8) is 0 Å². The van der Waals surface area contributed by atoms with Crippen LogP contribution in [0.3, 0.4) is 0 Å². The van der Waals surface area contributed by atoms with Crippen molar-refractivity contribution in [1.29, 1.82) is 0 Å². The first-order valence-electron chi connectivity index (χ1n) is 7.97. The summed E-state index contributed by atoms with van der Waals surface area (Å²) >= 11 is 0. The van der Waals surface area contributed by atoms with Gasteiger partial charge in [0.25, 0.3) is 5.56 Å². The van der Waals surface area contributed by atoms with Gasteiger partial charge in [-0.25, -0.2) is 0 Å². The van der Waals surface area contributed by atoms with E-state index in [0.29, 0.717) is 0 Å². The zero-order valence-corrected chi connectivity index (χ0v) is 14.3. The average Bonchev–Trinajstić information content (AvgIpc) is 2.47. The number of nitrogens with zero attached hydrogens (tertiary/aromatic N) is 1. The highest BCUT2D eigenvalue weighted by Gasteiger charge is 2.16. The number of nitrogens with one attached hydrogen (secondary N) is 1. The maximum Gasteiger partial charge on any atom is 0.271 e. The van der Waals surface area contributed by atoms with Crippen LogP contribution in [-0.2, 0) is 19.3 Å². The highest BCUT2D eigenvalue weighted by Crippen LogP contribution is 2.24. The Bertz CT molecular complexity index is 714. The summed E-state index contributed by atoms with van der Waals surface area (Å²) in [6.07, 6.45) is 2.75. The molecule has 0 bridgehead atoms. The number of H-pyrrole nitrogens is 1. The molecule has 1 aromatic carbocycles. The van der Waals surface area contributed by atoms with Crippen molar-refractivity contribution in [1.82, 2.24) is 4.98 Å². The molecular weight excluding hydrogens is 272 g/mol. The minimum absolute atomic E-state index is 0.00125. The fourth-order valence-electron chi connectivity index (χ4n) is 3.12. The molecule has 0 aliphatic carbocycles. The molecule has 0 unspecified atom stereocenters. The van der Waals surface area contributed by atoms with Gasteiger partial charge in [0.15, 0.2) is 0 Å². The van der Waals surface area contributed by atoms with E-state index in [-0.39, 0.29) is 5.56 Å². The van der Waals surface area contributed by atoms with Gasteiger partial charge in [-0.3, -0.25) is 4.79 Å². The van der Waals surface area contributed by atoms with Gasteiger partial charge in [-0.15, -0.1) is 0 Å². The van der Waals surface area contributed by atoms with Gasteiger partial charge in [0, 0.05) is 26.2 Å². The van der Waals surface area contributed by atoms with E-state index in [9.17, 15) is 4.79 Å². The van der Waals surface area contributed by atoms with Crippen molar-refractivity contribution in [2.75, 3.05) is 19.0 Å². The third-order valence-corrected chi connectivity index (χ3v) is 4.20. The topological polar surface area (TPSA) is 36.1 Å². The van der Waals surface area contributed by atoms with E-state index in [1.807, 2.05) is 25.9 Å². The molecule has 0 radical (unpaired) electrons. The molecule has 0 spiro atoms. The van der Waals surface area contributed by atoms with Crippen LogP contribution in [0.25, 0.3) is 0 Å². The molecule has 0 fully saturated rings. The van der Waals surface area contributed by atoms with E-state index < -0.39 is 0 Å². The largest absolute Gasteiger partial charge is 0.373 e. The van der Waals surface area contributed by atoms with Crippen molar-refractivity contribution in [2.45, 2.75) is 40.0 Å².